The second kappa shape index (κ2) is 6.04. The first-order chi connectivity index (χ1) is 8.33. The second-order valence-electron chi connectivity index (χ2n) is 4.99. The van der Waals surface area contributed by atoms with Gasteiger partial charge in [-0.15, -0.1) is 23.7 Å². The molecule has 18 heavy (non-hydrogen) atoms. The fourth-order valence-electron chi connectivity index (χ4n) is 2.95. The van der Waals surface area contributed by atoms with Gasteiger partial charge in [-0.3, -0.25) is 4.79 Å². The van der Waals surface area contributed by atoms with Gasteiger partial charge in [-0.2, -0.15) is 0 Å². The van der Waals surface area contributed by atoms with E-state index in [-0.39, 0.29) is 12.4 Å². The predicted octanol–water partition coefficient (Wildman–Crippen LogP) is 1.92. The number of piperidine rings is 1. The molecule has 0 spiro atoms. The van der Waals surface area contributed by atoms with Crippen LogP contribution in [0.1, 0.15) is 17.7 Å². The number of fused-ring (bicyclic) bond motifs is 1. The van der Waals surface area contributed by atoms with Gasteiger partial charge in [0.1, 0.15) is 0 Å². The van der Waals surface area contributed by atoms with Gasteiger partial charge in [0.2, 0.25) is 5.91 Å². The summed E-state index contributed by atoms with van der Waals surface area (Å²) in [5, 5.41) is 5.57. The summed E-state index contributed by atoms with van der Waals surface area (Å²) in [6.45, 7) is 3.02. The molecule has 3 rings (SSSR count). The van der Waals surface area contributed by atoms with Crippen LogP contribution in [0, 0.1) is 5.92 Å². The van der Waals surface area contributed by atoms with E-state index in [1.54, 1.807) is 11.3 Å². The Kier molecular flexibility index (Phi) is 4.65. The van der Waals surface area contributed by atoms with E-state index >= 15 is 0 Å². The van der Waals surface area contributed by atoms with Crippen molar-refractivity contribution >= 4 is 29.7 Å². The van der Waals surface area contributed by atoms with Crippen LogP contribution in [-0.2, 0) is 11.2 Å². The Balaban J connectivity index is 0.00000120. The molecule has 0 aliphatic carbocycles. The molecule has 0 aromatic carbocycles. The van der Waals surface area contributed by atoms with Crippen LogP contribution in [0.5, 0.6) is 0 Å². The number of thiophene rings is 1. The fourth-order valence-corrected chi connectivity index (χ4v) is 3.64. The van der Waals surface area contributed by atoms with E-state index in [1.807, 2.05) is 17.5 Å². The minimum atomic E-state index is 0. The van der Waals surface area contributed by atoms with E-state index in [1.165, 1.54) is 11.3 Å². The van der Waals surface area contributed by atoms with Crippen molar-refractivity contribution < 1.29 is 4.79 Å². The Morgan fingerprint density at radius 3 is 3.17 bits per heavy atom. The third-order valence-electron chi connectivity index (χ3n) is 3.91. The number of nitrogens with zero attached hydrogens (tertiary/aromatic N) is 1. The summed E-state index contributed by atoms with van der Waals surface area (Å²) in [6.07, 6.45) is 2.94. The van der Waals surface area contributed by atoms with Crippen molar-refractivity contribution in [1.82, 2.24) is 10.2 Å². The molecular formula is C13H19ClN2OS. The number of rotatable bonds is 2. The third kappa shape index (κ3) is 2.87. The number of nitrogens with one attached hydrogen (secondary N) is 1. The lowest BCUT2D eigenvalue weighted by Crippen LogP contribution is -2.47. The van der Waals surface area contributed by atoms with Gasteiger partial charge >= 0.3 is 0 Å². The van der Waals surface area contributed by atoms with E-state index in [9.17, 15) is 4.79 Å². The number of carbonyl (C=O) groups is 1. The predicted molar refractivity (Wildman–Crippen MR) is 76.4 cm³/mol. The van der Waals surface area contributed by atoms with Crippen molar-refractivity contribution in [3.05, 3.63) is 22.4 Å². The summed E-state index contributed by atoms with van der Waals surface area (Å²) in [5.41, 5.74) is 0. The number of amides is 1. The Morgan fingerprint density at radius 2 is 2.39 bits per heavy atom. The van der Waals surface area contributed by atoms with Crippen LogP contribution in [0.4, 0.5) is 0 Å². The molecule has 2 atom stereocenters. The number of carbonyl (C=O) groups excluding carboxylic acids is 1. The Bertz CT molecular complexity index is 396. The molecule has 2 aliphatic rings. The van der Waals surface area contributed by atoms with Crippen LogP contribution in [0.25, 0.3) is 0 Å². The zero-order valence-corrected chi connectivity index (χ0v) is 11.9. The maximum atomic E-state index is 12.2. The summed E-state index contributed by atoms with van der Waals surface area (Å²) in [5.74, 6) is 0.994. The van der Waals surface area contributed by atoms with Crippen LogP contribution in [0.2, 0.25) is 0 Å². The normalized spacial score (nSPS) is 26.6. The largest absolute Gasteiger partial charge is 0.342 e. The molecule has 0 saturated carbocycles. The highest BCUT2D eigenvalue weighted by molar-refractivity contribution is 7.10. The monoisotopic (exact) mass is 286 g/mol. The number of hydrogen-bond acceptors (Lipinski definition) is 3. The highest BCUT2D eigenvalue weighted by Crippen LogP contribution is 2.25. The minimum Gasteiger partial charge on any atom is -0.342 e. The average Bonchev–Trinajstić information content (AvgIpc) is 2.97. The van der Waals surface area contributed by atoms with Gasteiger partial charge < -0.3 is 10.2 Å². The molecule has 5 heteroatoms. The molecule has 3 nitrogen and oxygen atoms in total. The summed E-state index contributed by atoms with van der Waals surface area (Å²) in [6, 6.07) is 4.73. The number of likely N-dealkylation sites (tertiary alicyclic amines) is 1. The first-order valence-electron chi connectivity index (χ1n) is 6.36. The molecular weight excluding hydrogens is 268 g/mol. The first-order valence-corrected chi connectivity index (χ1v) is 7.24. The molecule has 2 fully saturated rings. The molecule has 1 amide bonds. The highest BCUT2D eigenvalue weighted by atomic mass is 35.5. The van der Waals surface area contributed by atoms with Crippen LogP contribution < -0.4 is 5.32 Å². The van der Waals surface area contributed by atoms with Crippen molar-refractivity contribution in [2.75, 3.05) is 19.6 Å². The quantitative estimate of drug-likeness (QED) is 0.901. The Morgan fingerprint density at radius 1 is 1.50 bits per heavy atom. The van der Waals surface area contributed by atoms with Crippen LogP contribution >= 0.6 is 23.7 Å². The molecule has 2 saturated heterocycles. The van der Waals surface area contributed by atoms with Gasteiger partial charge in [-0.1, -0.05) is 6.07 Å². The molecule has 3 heterocycles. The molecule has 0 bridgehead atoms. The zero-order chi connectivity index (χ0) is 11.7. The molecule has 2 unspecified atom stereocenters. The van der Waals surface area contributed by atoms with Gasteiger partial charge in [-0.05, 0) is 36.8 Å². The zero-order valence-electron chi connectivity index (χ0n) is 10.3. The van der Waals surface area contributed by atoms with Crippen molar-refractivity contribution in [3.63, 3.8) is 0 Å². The Labute approximate surface area is 118 Å². The van der Waals surface area contributed by atoms with Crippen molar-refractivity contribution in [3.8, 4) is 0 Å². The Hall–Kier alpha value is -0.580. The molecule has 0 radical (unpaired) electrons. The van der Waals surface area contributed by atoms with E-state index in [0.29, 0.717) is 24.3 Å². The lowest BCUT2D eigenvalue weighted by molar-refractivity contribution is -0.132. The number of halogens is 1. The van der Waals surface area contributed by atoms with Crippen LogP contribution in [-0.4, -0.2) is 36.5 Å². The molecule has 100 valence electrons. The summed E-state index contributed by atoms with van der Waals surface area (Å²) < 4.78 is 0. The lowest BCUT2D eigenvalue weighted by atomic mass is 9.93. The summed E-state index contributed by atoms with van der Waals surface area (Å²) in [7, 11) is 0. The fraction of sp³-hybridized carbons (Fsp3) is 0.615. The standard InChI is InChI=1S/C13H18N2OS.ClH/c16-13(8-11-2-1-7-17-11)15-6-4-12-10(9-15)3-5-14-12;/h1-2,7,10,12,14H,3-6,8-9H2;1H. The van der Waals surface area contributed by atoms with Crippen LogP contribution in [0.15, 0.2) is 17.5 Å². The van der Waals surface area contributed by atoms with Gasteiger partial charge in [0.25, 0.3) is 0 Å². The van der Waals surface area contributed by atoms with Gasteiger partial charge in [0, 0.05) is 24.0 Å². The second-order valence-corrected chi connectivity index (χ2v) is 6.03. The van der Waals surface area contributed by atoms with Gasteiger partial charge in [0.05, 0.1) is 6.42 Å². The van der Waals surface area contributed by atoms with E-state index in [0.717, 1.165) is 26.1 Å². The van der Waals surface area contributed by atoms with Crippen LogP contribution in [0.3, 0.4) is 0 Å². The third-order valence-corrected chi connectivity index (χ3v) is 4.79. The maximum Gasteiger partial charge on any atom is 0.227 e. The lowest BCUT2D eigenvalue weighted by Gasteiger charge is -2.34. The van der Waals surface area contributed by atoms with Gasteiger partial charge in [-0.25, -0.2) is 0 Å². The minimum absolute atomic E-state index is 0. The van der Waals surface area contributed by atoms with Gasteiger partial charge in [0.15, 0.2) is 0 Å². The van der Waals surface area contributed by atoms with Crippen molar-refractivity contribution in [2.45, 2.75) is 25.3 Å². The number of hydrogen-bond donors (Lipinski definition) is 1. The topological polar surface area (TPSA) is 32.3 Å². The highest BCUT2D eigenvalue weighted by Gasteiger charge is 2.34. The van der Waals surface area contributed by atoms with E-state index in [4.69, 9.17) is 0 Å². The molecule has 1 N–H and O–H groups in total. The summed E-state index contributed by atoms with van der Waals surface area (Å²) in [4.78, 5) is 15.4. The van der Waals surface area contributed by atoms with E-state index < -0.39 is 0 Å². The van der Waals surface area contributed by atoms with Crippen molar-refractivity contribution in [2.24, 2.45) is 5.92 Å². The summed E-state index contributed by atoms with van der Waals surface area (Å²) >= 11 is 1.67. The molecule has 1 aromatic heterocycles. The van der Waals surface area contributed by atoms with E-state index in [2.05, 4.69) is 10.2 Å². The first kappa shape index (κ1) is 13.8. The molecule has 1 aromatic rings. The SMILES string of the molecule is Cl.O=C(Cc1cccs1)N1CCC2NCCC2C1. The smallest absolute Gasteiger partial charge is 0.227 e. The average molecular weight is 287 g/mol. The molecule has 2 aliphatic heterocycles. The van der Waals surface area contributed by atoms with Crippen molar-refractivity contribution in [1.29, 1.82) is 0 Å². The maximum absolute atomic E-state index is 12.2.